The number of anilines is 2. The summed E-state index contributed by atoms with van der Waals surface area (Å²) < 4.78 is 18.8. The minimum atomic E-state index is -0.648. The summed E-state index contributed by atoms with van der Waals surface area (Å²) in [6.07, 6.45) is 9.15. The number of aromatic nitrogens is 4. The van der Waals surface area contributed by atoms with Crippen molar-refractivity contribution in [1.82, 2.24) is 35.3 Å². The van der Waals surface area contributed by atoms with Crippen LogP contribution in [0, 0.1) is 5.92 Å². The molecular formula is C43H51N9O6. The van der Waals surface area contributed by atoms with E-state index in [0.29, 0.717) is 36.3 Å². The van der Waals surface area contributed by atoms with E-state index in [0.717, 1.165) is 129 Å². The van der Waals surface area contributed by atoms with Crippen LogP contribution in [-0.2, 0) is 20.9 Å². The first-order valence-electron chi connectivity index (χ1n) is 20.9. The lowest BCUT2D eigenvalue weighted by molar-refractivity contribution is -0.136. The Morgan fingerprint density at radius 2 is 1.71 bits per heavy atom. The van der Waals surface area contributed by atoms with Crippen molar-refractivity contribution in [3.05, 3.63) is 53.9 Å². The van der Waals surface area contributed by atoms with Crippen molar-refractivity contribution in [3.63, 3.8) is 0 Å². The number of nitrogens with one attached hydrogen (secondary N) is 2. The molecule has 58 heavy (non-hydrogen) atoms. The summed E-state index contributed by atoms with van der Waals surface area (Å²) in [5.41, 5.74) is 4.91. The van der Waals surface area contributed by atoms with E-state index in [4.69, 9.17) is 14.2 Å². The highest BCUT2D eigenvalue weighted by Crippen LogP contribution is 2.42. The molecule has 304 valence electrons. The van der Waals surface area contributed by atoms with Crippen LogP contribution >= 0.6 is 0 Å². The molecule has 2 N–H and O–H groups in total. The first-order chi connectivity index (χ1) is 28.2. The molecule has 6 heterocycles. The number of aromatic amines is 1. The number of ether oxygens (including phenoxy) is 3. The fraction of sp³-hybridized carbons (Fsp3) is 0.535. The molecule has 2 aromatic heterocycles. The van der Waals surface area contributed by atoms with Crippen molar-refractivity contribution in [1.29, 1.82) is 0 Å². The second-order valence-corrected chi connectivity index (χ2v) is 17.2. The average Bonchev–Trinajstić information content (AvgIpc) is 3.64. The van der Waals surface area contributed by atoms with Crippen molar-refractivity contribution >= 4 is 40.1 Å². The summed E-state index contributed by atoms with van der Waals surface area (Å²) in [7, 11) is 1.64. The van der Waals surface area contributed by atoms with Crippen LogP contribution in [-0.4, -0.2) is 124 Å². The molecule has 15 nitrogen and oxygen atoms in total. The number of fused-ring (bicyclic) bond motifs is 2. The highest BCUT2D eigenvalue weighted by atomic mass is 16.5. The van der Waals surface area contributed by atoms with Crippen molar-refractivity contribution < 1.29 is 28.6 Å². The fourth-order valence-electron chi connectivity index (χ4n) is 9.51. The SMILES string of the molecule is COc1c(N2CCN(C[C@H]3C[C@H](OC4CCN(c5cc(-c6[nH]nc7ccc(OC8(C)CC8)cc67)ncn5)CC4)C3)CC2)ccc2c1CN(C1CCC(=O)NC1=O)C2=O. The average molecular weight is 790 g/mol. The first kappa shape index (κ1) is 37.0. The molecule has 4 aliphatic heterocycles. The van der Waals surface area contributed by atoms with Gasteiger partial charge in [0.2, 0.25) is 11.8 Å². The van der Waals surface area contributed by atoms with E-state index >= 15 is 0 Å². The number of methoxy groups -OCH3 is 1. The number of imide groups is 1. The quantitative estimate of drug-likeness (QED) is 0.208. The van der Waals surface area contributed by atoms with Crippen molar-refractivity contribution in [3.8, 4) is 22.9 Å². The molecule has 1 unspecified atom stereocenters. The van der Waals surface area contributed by atoms with Gasteiger partial charge >= 0.3 is 0 Å². The van der Waals surface area contributed by atoms with Gasteiger partial charge in [0.15, 0.2) is 0 Å². The number of rotatable bonds is 11. The number of benzene rings is 2. The van der Waals surface area contributed by atoms with Gasteiger partial charge in [-0.3, -0.25) is 29.7 Å². The fourth-order valence-corrected chi connectivity index (χ4v) is 9.51. The van der Waals surface area contributed by atoms with Gasteiger partial charge in [-0.05, 0) is 88.1 Å². The number of carbonyl (C=O) groups is 3. The maximum Gasteiger partial charge on any atom is 0.255 e. The highest BCUT2D eigenvalue weighted by Gasteiger charge is 2.42. The summed E-state index contributed by atoms with van der Waals surface area (Å²) in [6.45, 7) is 8.97. The Morgan fingerprint density at radius 3 is 2.47 bits per heavy atom. The van der Waals surface area contributed by atoms with E-state index in [1.54, 1.807) is 18.3 Å². The Kier molecular flexibility index (Phi) is 9.47. The van der Waals surface area contributed by atoms with Crippen LogP contribution in [0.2, 0.25) is 0 Å². The van der Waals surface area contributed by atoms with Crippen molar-refractivity contribution in [2.75, 3.05) is 62.7 Å². The minimum Gasteiger partial charge on any atom is -0.494 e. The molecule has 2 aliphatic carbocycles. The van der Waals surface area contributed by atoms with Crippen molar-refractivity contribution in [2.45, 2.75) is 88.7 Å². The van der Waals surface area contributed by atoms with Gasteiger partial charge in [-0.1, -0.05) is 0 Å². The van der Waals surface area contributed by atoms with Gasteiger partial charge in [0.05, 0.1) is 48.5 Å². The number of amides is 3. The third-order valence-corrected chi connectivity index (χ3v) is 13.2. The molecule has 2 saturated carbocycles. The number of piperazine rings is 1. The zero-order chi connectivity index (χ0) is 39.5. The lowest BCUT2D eigenvalue weighted by Crippen LogP contribution is -2.52. The molecule has 4 aromatic rings. The lowest BCUT2D eigenvalue weighted by atomic mass is 9.81. The van der Waals surface area contributed by atoms with Crippen LogP contribution in [0.5, 0.6) is 11.5 Å². The summed E-state index contributed by atoms with van der Waals surface area (Å²) in [5, 5.41) is 11.1. The number of nitrogens with zero attached hydrogens (tertiary/aromatic N) is 7. The Hall–Kier alpha value is -5.28. The predicted octanol–water partition coefficient (Wildman–Crippen LogP) is 4.31. The topological polar surface area (TPSA) is 158 Å². The molecule has 1 atom stereocenters. The Bertz CT molecular complexity index is 2240. The summed E-state index contributed by atoms with van der Waals surface area (Å²) in [4.78, 5) is 55.7. The van der Waals surface area contributed by atoms with Gasteiger partial charge in [-0.2, -0.15) is 5.10 Å². The van der Waals surface area contributed by atoms with E-state index in [-0.39, 0.29) is 29.9 Å². The number of carbonyl (C=O) groups excluding carboxylic acids is 3. The second-order valence-electron chi connectivity index (χ2n) is 17.2. The molecule has 0 bridgehead atoms. The Morgan fingerprint density at radius 1 is 0.897 bits per heavy atom. The van der Waals surface area contributed by atoms with Gasteiger partial charge in [0, 0.05) is 74.8 Å². The summed E-state index contributed by atoms with van der Waals surface area (Å²) in [5.74, 6) is 2.25. The largest absolute Gasteiger partial charge is 0.494 e. The molecule has 6 aliphatic rings. The lowest BCUT2D eigenvalue weighted by Gasteiger charge is -2.43. The van der Waals surface area contributed by atoms with Gasteiger partial charge in [0.1, 0.15) is 35.3 Å². The van der Waals surface area contributed by atoms with E-state index in [1.807, 2.05) is 24.3 Å². The predicted molar refractivity (Wildman–Crippen MR) is 216 cm³/mol. The van der Waals surface area contributed by atoms with Gasteiger partial charge in [0.25, 0.3) is 5.91 Å². The van der Waals surface area contributed by atoms with Crippen LogP contribution in [0.1, 0.15) is 74.2 Å². The molecule has 5 fully saturated rings. The molecule has 3 saturated heterocycles. The number of piperidine rings is 2. The Labute approximate surface area is 337 Å². The third kappa shape index (κ3) is 7.12. The zero-order valence-corrected chi connectivity index (χ0v) is 33.2. The zero-order valence-electron chi connectivity index (χ0n) is 33.2. The smallest absolute Gasteiger partial charge is 0.255 e. The molecule has 0 spiro atoms. The summed E-state index contributed by atoms with van der Waals surface area (Å²) in [6, 6.07) is 11.3. The molecule has 15 heteroatoms. The van der Waals surface area contributed by atoms with E-state index in [1.165, 1.54) is 0 Å². The summed E-state index contributed by atoms with van der Waals surface area (Å²) >= 11 is 0. The Balaban J connectivity index is 0.678. The van der Waals surface area contributed by atoms with E-state index < -0.39 is 11.9 Å². The number of H-pyrrole nitrogens is 1. The molecule has 3 amide bonds. The van der Waals surface area contributed by atoms with Crippen LogP contribution in [0.3, 0.4) is 0 Å². The van der Waals surface area contributed by atoms with Crippen LogP contribution in [0.4, 0.5) is 11.5 Å². The molecule has 0 radical (unpaired) electrons. The molecule has 2 aromatic carbocycles. The van der Waals surface area contributed by atoms with Crippen LogP contribution < -0.4 is 24.6 Å². The minimum absolute atomic E-state index is 0.0463. The molecule has 10 rings (SSSR count). The monoisotopic (exact) mass is 789 g/mol. The second kappa shape index (κ2) is 14.8. The number of hydrogen-bond donors (Lipinski definition) is 2. The van der Waals surface area contributed by atoms with Gasteiger partial charge < -0.3 is 28.9 Å². The first-order valence-corrected chi connectivity index (χ1v) is 20.9. The van der Waals surface area contributed by atoms with E-state index in [9.17, 15) is 14.4 Å². The molecular weight excluding hydrogens is 739 g/mol. The number of hydrogen-bond acceptors (Lipinski definition) is 12. The van der Waals surface area contributed by atoms with E-state index in [2.05, 4.69) is 59.2 Å². The maximum atomic E-state index is 13.3. The van der Waals surface area contributed by atoms with Gasteiger partial charge in [-0.25, -0.2) is 9.97 Å². The maximum absolute atomic E-state index is 13.3. The van der Waals surface area contributed by atoms with Gasteiger partial charge in [-0.15, -0.1) is 0 Å². The highest BCUT2D eigenvalue weighted by molar-refractivity contribution is 6.06. The normalized spacial score (nSPS) is 24.8. The van der Waals surface area contributed by atoms with Crippen molar-refractivity contribution in [2.24, 2.45) is 5.92 Å². The third-order valence-electron chi connectivity index (χ3n) is 13.2. The standard InChI is InChI=1S/C43H51N9O6/c1-43(11-12-43)58-28-3-5-33-31(21-28)39(48-47-33)34-22-37(45-25-44-34)51-13-9-27(10-14-51)57-29-19-26(20-29)23-49-15-17-50(18-16-49)35-6-4-30-32(40(35)56-2)24-52(42(30)55)36-7-8-38(53)46-41(36)54/h3-6,21-22,25-27,29,36H,7-20,23-24H2,1-2H3,(H,47,48)(H,46,53,54)/t26-,29-,36?. The van der Waals surface area contributed by atoms with Crippen LogP contribution in [0.25, 0.3) is 22.3 Å². The van der Waals surface area contributed by atoms with Crippen LogP contribution in [0.15, 0.2) is 42.7 Å².